The van der Waals surface area contributed by atoms with Gasteiger partial charge in [-0.15, -0.1) is 0 Å². The summed E-state index contributed by atoms with van der Waals surface area (Å²) in [5, 5.41) is 8.92. The summed E-state index contributed by atoms with van der Waals surface area (Å²) in [7, 11) is 0. The second-order valence-electron chi connectivity index (χ2n) is 3.80. The van der Waals surface area contributed by atoms with E-state index in [9.17, 15) is 4.79 Å². The molecule has 2 rings (SSSR count). The Hall–Kier alpha value is -1.17. The molecule has 1 aliphatic carbocycles. The summed E-state index contributed by atoms with van der Waals surface area (Å²) in [5.74, 6) is 0. The van der Waals surface area contributed by atoms with Gasteiger partial charge in [0, 0.05) is 25.6 Å². The van der Waals surface area contributed by atoms with E-state index in [0.29, 0.717) is 19.0 Å². The van der Waals surface area contributed by atoms with Crippen molar-refractivity contribution < 1.29 is 4.79 Å². The maximum Gasteiger partial charge on any atom is 0.236 e. The van der Waals surface area contributed by atoms with Crippen LogP contribution < -0.4 is 0 Å². The molecule has 0 N–H and O–H groups in total. The van der Waals surface area contributed by atoms with Gasteiger partial charge in [-0.25, -0.2) is 4.79 Å². The third-order valence-electron chi connectivity index (χ3n) is 2.81. The van der Waals surface area contributed by atoms with Crippen molar-refractivity contribution in [2.24, 2.45) is 4.99 Å². The molecule has 2 fully saturated rings. The second kappa shape index (κ2) is 2.95. The highest BCUT2D eigenvalue weighted by molar-refractivity contribution is 5.37. The molecule has 1 unspecified atom stereocenters. The minimum absolute atomic E-state index is 0.614. The standard InChI is InChI=1S/C9H11N3O/c10-5-9(11-7-13)3-4-12(6-9)8-1-2-8/h8H,1-4,6H2. The van der Waals surface area contributed by atoms with E-state index in [1.54, 1.807) is 0 Å². The number of rotatable bonds is 2. The molecule has 4 nitrogen and oxygen atoms in total. The van der Waals surface area contributed by atoms with Crippen LogP contribution in [0.3, 0.4) is 0 Å². The molecule has 13 heavy (non-hydrogen) atoms. The van der Waals surface area contributed by atoms with Crippen LogP contribution in [0, 0.1) is 11.3 Å². The quantitative estimate of drug-likeness (QED) is 0.454. The lowest BCUT2D eigenvalue weighted by Crippen LogP contribution is -2.31. The SMILES string of the molecule is N#CC1(N=C=O)CCN(C2CC2)C1. The van der Waals surface area contributed by atoms with Gasteiger partial charge < -0.3 is 0 Å². The van der Waals surface area contributed by atoms with Gasteiger partial charge in [-0.1, -0.05) is 0 Å². The van der Waals surface area contributed by atoms with Gasteiger partial charge in [0.1, 0.15) is 0 Å². The number of likely N-dealkylation sites (tertiary alicyclic amines) is 1. The van der Waals surface area contributed by atoms with Gasteiger partial charge in [-0.05, 0) is 12.8 Å². The predicted molar refractivity (Wildman–Crippen MR) is 45.7 cm³/mol. The molecule has 1 saturated heterocycles. The third-order valence-corrected chi connectivity index (χ3v) is 2.81. The largest absolute Gasteiger partial charge is 0.297 e. The van der Waals surface area contributed by atoms with Crippen molar-refractivity contribution >= 4 is 6.08 Å². The number of carbonyl (C=O) groups excluding carboxylic acids is 1. The zero-order chi connectivity index (χ0) is 9.31. The molecule has 0 radical (unpaired) electrons. The average Bonchev–Trinajstić information content (AvgIpc) is 2.90. The number of isocyanates is 1. The van der Waals surface area contributed by atoms with Crippen LogP contribution in [0.2, 0.25) is 0 Å². The van der Waals surface area contributed by atoms with Gasteiger partial charge in [0.15, 0.2) is 5.54 Å². The summed E-state index contributed by atoms with van der Waals surface area (Å²) >= 11 is 0. The first-order chi connectivity index (χ1) is 6.29. The maximum absolute atomic E-state index is 10.2. The van der Waals surface area contributed by atoms with Crippen LogP contribution in [0.5, 0.6) is 0 Å². The van der Waals surface area contributed by atoms with Crippen LogP contribution >= 0.6 is 0 Å². The van der Waals surface area contributed by atoms with Crippen molar-refractivity contribution in [3.8, 4) is 6.07 Å². The lowest BCUT2D eigenvalue weighted by Gasteiger charge is -2.15. The Morgan fingerprint density at radius 3 is 2.85 bits per heavy atom. The highest BCUT2D eigenvalue weighted by Gasteiger charge is 2.43. The summed E-state index contributed by atoms with van der Waals surface area (Å²) in [6.07, 6.45) is 4.64. The molecule has 0 aromatic rings. The Morgan fingerprint density at radius 2 is 2.31 bits per heavy atom. The third kappa shape index (κ3) is 1.49. The fraction of sp³-hybridized carbons (Fsp3) is 0.778. The van der Waals surface area contributed by atoms with Crippen molar-refractivity contribution in [3.05, 3.63) is 0 Å². The van der Waals surface area contributed by atoms with E-state index in [4.69, 9.17) is 5.26 Å². The molecule has 1 heterocycles. The lowest BCUT2D eigenvalue weighted by molar-refractivity contribution is 0.316. The fourth-order valence-electron chi connectivity index (χ4n) is 1.87. The van der Waals surface area contributed by atoms with Gasteiger partial charge >= 0.3 is 0 Å². The van der Waals surface area contributed by atoms with Crippen molar-refractivity contribution in [2.75, 3.05) is 13.1 Å². The minimum atomic E-state index is -0.787. The molecule has 0 spiro atoms. The summed E-state index contributed by atoms with van der Waals surface area (Å²) < 4.78 is 0. The van der Waals surface area contributed by atoms with Crippen LogP contribution in [0.25, 0.3) is 0 Å². The summed E-state index contributed by atoms with van der Waals surface area (Å²) in [6.45, 7) is 1.51. The molecule has 1 atom stereocenters. The number of hydrogen-bond acceptors (Lipinski definition) is 4. The van der Waals surface area contributed by atoms with Gasteiger partial charge in [0.25, 0.3) is 0 Å². The average molecular weight is 177 g/mol. The Balaban J connectivity index is 2.08. The van der Waals surface area contributed by atoms with Gasteiger partial charge in [-0.3, -0.25) is 4.90 Å². The molecule has 2 aliphatic rings. The van der Waals surface area contributed by atoms with Crippen molar-refractivity contribution in [2.45, 2.75) is 30.8 Å². The minimum Gasteiger partial charge on any atom is -0.297 e. The van der Waals surface area contributed by atoms with Crippen molar-refractivity contribution in [1.82, 2.24) is 4.90 Å². The molecule has 0 aromatic carbocycles. The highest BCUT2D eigenvalue weighted by atomic mass is 16.1. The van der Waals surface area contributed by atoms with Crippen LogP contribution in [0.4, 0.5) is 0 Å². The topological polar surface area (TPSA) is 56.5 Å². The Labute approximate surface area is 76.9 Å². The number of hydrogen-bond donors (Lipinski definition) is 0. The zero-order valence-corrected chi connectivity index (χ0v) is 7.36. The van der Waals surface area contributed by atoms with Crippen LogP contribution in [0.15, 0.2) is 4.99 Å². The predicted octanol–water partition coefficient (Wildman–Crippen LogP) is 0.453. The summed E-state index contributed by atoms with van der Waals surface area (Å²) in [4.78, 5) is 16.0. The lowest BCUT2D eigenvalue weighted by atomic mass is 10.0. The number of aliphatic imine (C=N–C) groups is 1. The van der Waals surface area contributed by atoms with Crippen LogP contribution in [-0.4, -0.2) is 35.7 Å². The molecular formula is C9H11N3O. The molecule has 1 saturated carbocycles. The molecule has 4 heteroatoms. The molecule has 0 amide bonds. The number of nitriles is 1. The molecule has 68 valence electrons. The van der Waals surface area contributed by atoms with E-state index in [1.807, 2.05) is 0 Å². The molecule has 0 aromatic heterocycles. The van der Waals surface area contributed by atoms with Crippen LogP contribution in [0.1, 0.15) is 19.3 Å². The van der Waals surface area contributed by atoms with Crippen molar-refractivity contribution in [3.63, 3.8) is 0 Å². The Morgan fingerprint density at radius 1 is 1.54 bits per heavy atom. The van der Waals surface area contributed by atoms with E-state index in [0.717, 1.165) is 6.54 Å². The van der Waals surface area contributed by atoms with Crippen molar-refractivity contribution in [1.29, 1.82) is 5.26 Å². The Kier molecular flexibility index (Phi) is 1.91. The molecule has 1 aliphatic heterocycles. The zero-order valence-electron chi connectivity index (χ0n) is 7.36. The second-order valence-corrected chi connectivity index (χ2v) is 3.80. The van der Waals surface area contributed by atoms with Gasteiger partial charge in [0.2, 0.25) is 6.08 Å². The monoisotopic (exact) mass is 177 g/mol. The first-order valence-corrected chi connectivity index (χ1v) is 4.54. The summed E-state index contributed by atoms with van der Waals surface area (Å²) in [6, 6.07) is 2.77. The van der Waals surface area contributed by atoms with Gasteiger partial charge in [-0.2, -0.15) is 10.3 Å². The normalized spacial score (nSPS) is 33.8. The van der Waals surface area contributed by atoms with E-state index in [2.05, 4.69) is 16.0 Å². The van der Waals surface area contributed by atoms with Gasteiger partial charge in [0.05, 0.1) is 6.07 Å². The van der Waals surface area contributed by atoms with E-state index in [1.165, 1.54) is 18.9 Å². The molecule has 0 bridgehead atoms. The first kappa shape index (κ1) is 8.43. The first-order valence-electron chi connectivity index (χ1n) is 4.54. The fourth-order valence-corrected chi connectivity index (χ4v) is 1.87. The number of nitrogens with zero attached hydrogens (tertiary/aromatic N) is 3. The smallest absolute Gasteiger partial charge is 0.236 e. The van der Waals surface area contributed by atoms with E-state index in [-0.39, 0.29) is 0 Å². The van der Waals surface area contributed by atoms with E-state index < -0.39 is 5.54 Å². The molecular weight excluding hydrogens is 166 g/mol. The highest BCUT2D eigenvalue weighted by Crippen LogP contribution is 2.34. The summed E-state index contributed by atoms with van der Waals surface area (Å²) in [5.41, 5.74) is -0.787. The maximum atomic E-state index is 10.2. The van der Waals surface area contributed by atoms with E-state index >= 15 is 0 Å². The Bertz CT molecular complexity index is 298. The van der Waals surface area contributed by atoms with Crippen LogP contribution in [-0.2, 0) is 4.79 Å².